The van der Waals surface area contributed by atoms with Crippen LogP contribution in [0.3, 0.4) is 0 Å². The van der Waals surface area contributed by atoms with Gasteiger partial charge in [0.25, 0.3) is 0 Å². The number of anilines is 1. The molecule has 1 spiro atoms. The van der Waals surface area contributed by atoms with Crippen LogP contribution in [0.25, 0.3) is 0 Å². The van der Waals surface area contributed by atoms with Gasteiger partial charge >= 0.3 is 0 Å². The maximum atomic E-state index is 12.6. The Bertz CT molecular complexity index is 574. The third-order valence-electron chi connectivity index (χ3n) is 4.99. The third kappa shape index (κ3) is 2.69. The minimum atomic E-state index is -0.184. The number of likely N-dealkylation sites (tertiary alicyclic amines) is 1. The second-order valence-corrected chi connectivity index (χ2v) is 6.82. The van der Waals surface area contributed by atoms with Gasteiger partial charge in [-0.2, -0.15) is 0 Å². The molecule has 1 aromatic rings. The van der Waals surface area contributed by atoms with E-state index in [1.165, 1.54) is 0 Å². The zero-order chi connectivity index (χ0) is 15.7. The number of carbonyl (C=O) groups excluding carboxylic acids is 1. The lowest BCUT2D eigenvalue weighted by atomic mass is 9.78. The van der Waals surface area contributed by atoms with Crippen LogP contribution in [0.15, 0.2) is 6.07 Å². The second-order valence-electron chi connectivity index (χ2n) is 6.82. The SMILES string of the molecule is CCCc1nc(C)cc(N2CCC3(CCCN(C)C3=O)C2)n1. The molecule has 5 nitrogen and oxygen atoms in total. The summed E-state index contributed by atoms with van der Waals surface area (Å²) in [5, 5.41) is 0. The van der Waals surface area contributed by atoms with Crippen molar-refractivity contribution in [3.63, 3.8) is 0 Å². The van der Waals surface area contributed by atoms with Gasteiger partial charge in [-0.15, -0.1) is 0 Å². The summed E-state index contributed by atoms with van der Waals surface area (Å²) >= 11 is 0. The Hall–Kier alpha value is -1.65. The molecule has 0 aromatic carbocycles. The van der Waals surface area contributed by atoms with E-state index in [0.29, 0.717) is 5.91 Å². The van der Waals surface area contributed by atoms with Crippen LogP contribution >= 0.6 is 0 Å². The molecule has 22 heavy (non-hydrogen) atoms. The molecule has 120 valence electrons. The smallest absolute Gasteiger partial charge is 0.230 e. The van der Waals surface area contributed by atoms with Gasteiger partial charge in [0.1, 0.15) is 11.6 Å². The summed E-state index contributed by atoms with van der Waals surface area (Å²) in [4.78, 5) is 26.0. The van der Waals surface area contributed by atoms with Gasteiger partial charge in [-0.05, 0) is 32.6 Å². The Morgan fingerprint density at radius 1 is 1.27 bits per heavy atom. The minimum Gasteiger partial charge on any atom is -0.355 e. The Morgan fingerprint density at radius 3 is 2.86 bits per heavy atom. The molecule has 1 amide bonds. The van der Waals surface area contributed by atoms with Crippen molar-refractivity contribution in [3.8, 4) is 0 Å². The molecule has 0 bridgehead atoms. The molecule has 3 rings (SSSR count). The van der Waals surface area contributed by atoms with Gasteiger partial charge in [0.05, 0.1) is 5.41 Å². The topological polar surface area (TPSA) is 49.3 Å². The summed E-state index contributed by atoms with van der Waals surface area (Å²) in [6, 6.07) is 2.05. The van der Waals surface area contributed by atoms with Crippen LogP contribution in [-0.2, 0) is 11.2 Å². The van der Waals surface area contributed by atoms with E-state index < -0.39 is 0 Å². The van der Waals surface area contributed by atoms with E-state index in [1.54, 1.807) is 0 Å². The van der Waals surface area contributed by atoms with Gasteiger partial charge in [-0.25, -0.2) is 9.97 Å². The summed E-state index contributed by atoms with van der Waals surface area (Å²) in [6.45, 7) is 6.79. The lowest BCUT2D eigenvalue weighted by Gasteiger charge is -2.37. The number of amides is 1. The molecule has 2 aliphatic heterocycles. The summed E-state index contributed by atoms with van der Waals surface area (Å²) in [7, 11) is 1.93. The van der Waals surface area contributed by atoms with Crippen molar-refractivity contribution in [2.75, 3.05) is 31.6 Å². The van der Waals surface area contributed by atoms with Crippen molar-refractivity contribution in [1.29, 1.82) is 0 Å². The molecule has 0 radical (unpaired) electrons. The van der Waals surface area contributed by atoms with Gasteiger partial charge < -0.3 is 9.80 Å². The van der Waals surface area contributed by atoms with Crippen molar-refractivity contribution < 1.29 is 4.79 Å². The lowest BCUT2D eigenvalue weighted by molar-refractivity contribution is -0.143. The molecular weight excluding hydrogens is 276 g/mol. The molecule has 0 aliphatic carbocycles. The van der Waals surface area contributed by atoms with E-state index in [1.807, 2.05) is 18.9 Å². The van der Waals surface area contributed by atoms with E-state index in [4.69, 9.17) is 4.98 Å². The van der Waals surface area contributed by atoms with Gasteiger partial charge in [0.2, 0.25) is 5.91 Å². The number of piperidine rings is 1. The summed E-state index contributed by atoms with van der Waals surface area (Å²) in [6.07, 6.45) is 5.03. The summed E-state index contributed by atoms with van der Waals surface area (Å²) in [5.41, 5.74) is 0.832. The molecular formula is C17H26N4O. The average molecular weight is 302 g/mol. The molecule has 2 saturated heterocycles. The van der Waals surface area contributed by atoms with Gasteiger partial charge in [0, 0.05) is 44.9 Å². The zero-order valence-corrected chi connectivity index (χ0v) is 13.9. The maximum Gasteiger partial charge on any atom is 0.230 e. The molecule has 1 unspecified atom stereocenters. The van der Waals surface area contributed by atoms with E-state index in [2.05, 4.69) is 22.9 Å². The predicted octanol–water partition coefficient (Wildman–Crippen LogP) is 2.19. The number of aryl methyl sites for hydroxylation is 2. The normalized spacial score (nSPS) is 25.3. The van der Waals surface area contributed by atoms with Crippen molar-refractivity contribution in [3.05, 3.63) is 17.6 Å². The number of aromatic nitrogens is 2. The fourth-order valence-electron chi connectivity index (χ4n) is 3.82. The highest BCUT2D eigenvalue weighted by atomic mass is 16.2. The van der Waals surface area contributed by atoms with Gasteiger partial charge in [-0.3, -0.25) is 4.79 Å². The Kier molecular flexibility index (Phi) is 4.06. The van der Waals surface area contributed by atoms with Crippen LogP contribution in [-0.4, -0.2) is 47.5 Å². The first kappa shape index (κ1) is 15.3. The maximum absolute atomic E-state index is 12.6. The second kappa shape index (κ2) is 5.86. The van der Waals surface area contributed by atoms with Crippen molar-refractivity contribution in [2.24, 2.45) is 5.41 Å². The summed E-state index contributed by atoms with van der Waals surface area (Å²) < 4.78 is 0. The highest BCUT2D eigenvalue weighted by Crippen LogP contribution is 2.40. The fraction of sp³-hybridized carbons (Fsp3) is 0.706. The van der Waals surface area contributed by atoms with Crippen molar-refractivity contribution >= 4 is 11.7 Å². The molecule has 5 heteroatoms. The quantitative estimate of drug-likeness (QED) is 0.859. The average Bonchev–Trinajstić information content (AvgIpc) is 2.90. The number of carbonyl (C=O) groups is 1. The minimum absolute atomic E-state index is 0.184. The van der Waals surface area contributed by atoms with E-state index in [9.17, 15) is 4.79 Å². The Morgan fingerprint density at radius 2 is 2.09 bits per heavy atom. The monoisotopic (exact) mass is 302 g/mol. The van der Waals surface area contributed by atoms with Gasteiger partial charge in [0.15, 0.2) is 0 Å². The lowest BCUT2D eigenvalue weighted by Crippen LogP contribution is -2.48. The molecule has 0 saturated carbocycles. The van der Waals surface area contributed by atoms with Crippen LogP contribution in [0.4, 0.5) is 5.82 Å². The number of hydrogen-bond donors (Lipinski definition) is 0. The number of nitrogens with zero attached hydrogens (tertiary/aromatic N) is 4. The first-order valence-corrected chi connectivity index (χ1v) is 8.39. The molecule has 2 aliphatic rings. The third-order valence-corrected chi connectivity index (χ3v) is 4.99. The first-order valence-electron chi connectivity index (χ1n) is 8.39. The van der Waals surface area contributed by atoms with Crippen molar-refractivity contribution in [2.45, 2.75) is 46.0 Å². The van der Waals surface area contributed by atoms with E-state index in [0.717, 1.165) is 69.1 Å². The largest absolute Gasteiger partial charge is 0.355 e. The molecule has 2 fully saturated rings. The first-order chi connectivity index (χ1) is 10.5. The van der Waals surface area contributed by atoms with Crippen LogP contribution < -0.4 is 4.90 Å². The highest BCUT2D eigenvalue weighted by Gasteiger charge is 2.47. The zero-order valence-electron chi connectivity index (χ0n) is 13.9. The molecule has 3 heterocycles. The van der Waals surface area contributed by atoms with Crippen molar-refractivity contribution in [1.82, 2.24) is 14.9 Å². The van der Waals surface area contributed by atoms with Gasteiger partial charge in [-0.1, -0.05) is 6.92 Å². The van der Waals surface area contributed by atoms with E-state index >= 15 is 0 Å². The van der Waals surface area contributed by atoms with Crippen LogP contribution in [0.1, 0.15) is 44.1 Å². The molecule has 1 aromatic heterocycles. The Labute approximate surface area is 132 Å². The van der Waals surface area contributed by atoms with Crippen LogP contribution in [0, 0.1) is 12.3 Å². The Balaban J connectivity index is 1.82. The predicted molar refractivity (Wildman–Crippen MR) is 86.9 cm³/mol. The standard InChI is InChI=1S/C17H26N4O/c1-4-6-14-18-13(2)11-15(19-14)21-10-8-17(12-21)7-5-9-20(3)16(17)22/h11H,4-10,12H2,1-3H3. The van der Waals surface area contributed by atoms with Crippen LogP contribution in [0.5, 0.6) is 0 Å². The van der Waals surface area contributed by atoms with Crippen LogP contribution in [0.2, 0.25) is 0 Å². The number of rotatable bonds is 3. The molecule has 0 N–H and O–H groups in total. The number of hydrogen-bond acceptors (Lipinski definition) is 4. The molecule has 1 atom stereocenters. The fourth-order valence-corrected chi connectivity index (χ4v) is 3.82. The van der Waals surface area contributed by atoms with E-state index in [-0.39, 0.29) is 5.41 Å². The highest BCUT2D eigenvalue weighted by molar-refractivity contribution is 5.84. The summed E-state index contributed by atoms with van der Waals surface area (Å²) in [5.74, 6) is 2.24.